The number of rotatable bonds is 5. The number of nitrogens with zero attached hydrogens (tertiary/aromatic N) is 2. The number of ether oxygens (including phenoxy) is 1. The van der Waals surface area contributed by atoms with E-state index in [0.717, 1.165) is 0 Å². The van der Waals surface area contributed by atoms with E-state index in [1.54, 1.807) is 30.3 Å². The summed E-state index contributed by atoms with van der Waals surface area (Å²) in [5.74, 6) is -0.393. The number of amides is 1. The standard InChI is InChI=1S/C11H15N3O3/c1-14(7-5-9(15)17-2)11-8(10(12)16)4-3-6-13-11/h3-4,6H,5,7H2,1-2H3,(H2,12,16). The van der Waals surface area contributed by atoms with Gasteiger partial charge in [0, 0.05) is 19.8 Å². The van der Waals surface area contributed by atoms with Crippen molar-refractivity contribution >= 4 is 17.7 Å². The van der Waals surface area contributed by atoms with Crippen LogP contribution in [0.3, 0.4) is 0 Å². The van der Waals surface area contributed by atoms with Crippen LogP contribution in [-0.4, -0.2) is 37.6 Å². The van der Waals surface area contributed by atoms with Crippen molar-refractivity contribution in [2.75, 3.05) is 25.6 Å². The van der Waals surface area contributed by atoms with Gasteiger partial charge in [0.05, 0.1) is 19.1 Å². The number of methoxy groups -OCH3 is 1. The number of hydrogen-bond acceptors (Lipinski definition) is 5. The Morgan fingerprint density at radius 1 is 1.53 bits per heavy atom. The number of esters is 1. The molecule has 6 nitrogen and oxygen atoms in total. The van der Waals surface area contributed by atoms with Gasteiger partial charge in [-0.2, -0.15) is 0 Å². The van der Waals surface area contributed by atoms with E-state index in [4.69, 9.17) is 5.73 Å². The Labute approximate surface area is 99.4 Å². The number of nitrogens with two attached hydrogens (primary N) is 1. The molecule has 0 aliphatic carbocycles. The van der Waals surface area contributed by atoms with Gasteiger partial charge in [0.15, 0.2) is 0 Å². The van der Waals surface area contributed by atoms with Crippen molar-refractivity contribution in [3.05, 3.63) is 23.9 Å². The van der Waals surface area contributed by atoms with Crippen LogP contribution in [0.15, 0.2) is 18.3 Å². The topological polar surface area (TPSA) is 85.5 Å². The molecule has 1 aromatic rings. The highest BCUT2D eigenvalue weighted by atomic mass is 16.5. The van der Waals surface area contributed by atoms with Crippen LogP contribution in [-0.2, 0) is 9.53 Å². The SMILES string of the molecule is COC(=O)CCN(C)c1ncccc1C(N)=O. The summed E-state index contributed by atoms with van der Waals surface area (Å²) in [5, 5.41) is 0. The first kappa shape index (κ1) is 13.0. The van der Waals surface area contributed by atoms with Crippen LogP contribution in [0, 0.1) is 0 Å². The van der Waals surface area contributed by atoms with E-state index in [2.05, 4.69) is 9.72 Å². The molecule has 1 aromatic heterocycles. The lowest BCUT2D eigenvalue weighted by atomic mass is 10.2. The predicted octanol–water partition coefficient (Wildman–Crippen LogP) is 0.180. The molecule has 0 saturated carbocycles. The second kappa shape index (κ2) is 5.83. The Morgan fingerprint density at radius 3 is 2.82 bits per heavy atom. The Kier molecular flexibility index (Phi) is 4.45. The zero-order valence-corrected chi connectivity index (χ0v) is 9.84. The van der Waals surface area contributed by atoms with Crippen molar-refractivity contribution in [1.29, 1.82) is 0 Å². The fourth-order valence-corrected chi connectivity index (χ4v) is 1.36. The Hall–Kier alpha value is -2.11. The summed E-state index contributed by atoms with van der Waals surface area (Å²) >= 11 is 0. The molecule has 17 heavy (non-hydrogen) atoms. The molecule has 0 atom stereocenters. The molecule has 2 N–H and O–H groups in total. The highest BCUT2D eigenvalue weighted by molar-refractivity contribution is 5.97. The van der Waals surface area contributed by atoms with Gasteiger partial charge in [-0.25, -0.2) is 4.98 Å². The third-order valence-corrected chi connectivity index (χ3v) is 2.29. The maximum atomic E-state index is 11.2. The zero-order valence-electron chi connectivity index (χ0n) is 9.84. The minimum atomic E-state index is -0.544. The van der Waals surface area contributed by atoms with Crippen molar-refractivity contribution in [1.82, 2.24) is 4.98 Å². The molecule has 0 unspecified atom stereocenters. The first-order valence-corrected chi connectivity index (χ1v) is 5.09. The third-order valence-electron chi connectivity index (χ3n) is 2.29. The summed E-state index contributed by atoms with van der Waals surface area (Å²) in [6.07, 6.45) is 1.79. The molecule has 1 heterocycles. The van der Waals surface area contributed by atoms with Crippen LogP contribution in [0.4, 0.5) is 5.82 Å². The average molecular weight is 237 g/mol. The highest BCUT2D eigenvalue weighted by Crippen LogP contribution is 2.15. The lowest BCUT2D eigenvalue weighted by Gasteiger charge is -2.19. The van der Waals surface area contributed by atoms with Gasteiger partial charge in [0.1, 0.15) is 5.82 Å². The summed E-state index contributed by atoms with van der Waals surface area (Å²) in [5.41, 5.74) is 5.57. The smallest absolute Gasteiger partial charge is 0.307 e. The van der Waals surface area contributed by atoms with Gasteiger partial charge in [-0.05, 0) is 12.1 Å². The van der Waals surface area contributed by atoms with Crippen molar-refractivity contribution in [3.63, 3.8) is 0 Å². The minimum absolute atomic E-state index is 0.224. The van der Waals surface area contributed by atoms with Gasteiger partial charge in [-0.3, -0.25) is 9.59 Å². The zero-order chi connectivity index (χ0) is 12.8. The van der Waals surface area contributed by atoms with Crippen molar-refractivity contribution in [2.24, 2.45) is 5.73 Å². The van der Waals surface area contributed by atoms with Gasteiger partial charge in [0.25, 0.3) is 5.91 Å². The number of hydrogen-bond donors (Lipinski definition) is 1. The predicted molar refractivity (Wildman–Crippen MR) is 62.7 cm³/mol. The summed E-state index contributed by atoms with van der Waals surface area (Å²) in [6.45, 7) is 0.407. The Bertz CT molecular complexity index is 420. The van der Waals surface area contributed by atoms with Crippen molar-refractivity contribution < 1.29 is 14.3 Å². The second-order valence-corrected chi connectivity index (χ2v) is 3.49. The van der Waals surface area contributed by atoms with E-state index < -0.39 is 5.91 Å². The fourth-order valence-electron chi connectivity index (χ4n) is 1.36. The molecule has 0 fully saturated rings. The molecule has 6 heteroatoms. The van der Waals surface area contributed by atoms with Gasteiger partial charge >= 0.3 is 5.97 Å². The highest BCUT2D eigenvalue weighted by Gasteiger charge is 2.13. The second-order valence-electron chi connectivity index (χ2n) is 3.49. The minimum Gasteiger partial charge on any atom is -0.469 e. The number of aromatic nitrogens is 1. The largest absolute Gasteiger partial charge is 0.469 e. The number of carbonyl (C=O) groups is 2. The normalized spacial score (nSPS) is 9.76. The molecule has 0 bridgehead atoms. The molecule has 0 aromatic carbocycles. The average Bonchev–Trinajstić information content (AvgIpc) is 2.35. The van der Waals surface area contributed by atoms with E-state index in [1.165, 1.54) is 7.11 Å². The molecule has 92 valence electrons. The first-order chi connectivity index (χ1) is 8.06. The molecule has 0 saturated heterocycles. The molecule has 0 spiro atoms. The van der Waals surface area contributed by atoms with Gasteiger partial charge in [-0.1, -0.05) is 0 Å². The lowest BCUT2D eigenvalue weighted by molar-refractivity contribution is -0.140. The lowest BCUT2D eigenvalue weighted by Crippen LogP contribution is -2.26. The van der Waals surface area contributed by atoms with Crippen molar-refractivity contribution in [3.8, 4) is 0 Å². The molecule has 0 radical (unpaired) electrons. The van der Waals surface area contributed by atoms with Crippen LogP contribution < -0.4 is 10.6 Å². The summed E-state index contributed by atoms with van der Waals surface area (Å²) in [6, 6.07) is 3.23. The maximum Gasteiger partial charge on any atom is 0.307 e. The van der Waals surface area contributed by atoms with Gasteiger partial charge in [-0.15, -0.1) is 0 Å². The van der Waals surface area contributed by atoms with Crippen LogP contribution in [0.1, 0.15) is 16.8 Å². The summed E-state index contributed by atoms with van der Waals surface area (Å²) < 4.78 is 4.54. The monoisotopic (exact) mass is 237 g/mol. The van der Waals surface area contributed by atoms with E-state index >= 15 is 0 Å². The van der Waals surface area contributed by atoms with Crippen LogP contribution in [0.2, 0.25) is 0 Å². The fraction of sp³-hybridized carbons (Fsp3) is 0.364. The van der Waals surface area contributed by atoms with E-state index in [1.807, 2.05) is 0 Å². The number of primary amides is 1. The Balaban J connectivity index is 2.78. The summed E-state index contributed by atoms with van der Waals surface area (Å²) in [7, 11) is 3.07. The number of anilines is 1. The molecule has 0 aliphatic rings. The van der Waals surface area contributed by atoms with E-state index in [-0.39, 0.29) is 12.4 Å². The maximum absolute atomic E-state index is 11.2. The van der Waals surface area contributed by atoms with E-state index in [0.29, 0.717) is 17.9 Å². The molecular formula is C11H15N3O3. The quantitative estimate of drug-likeness (QED) is 0.738. The van der Waals surface area contributed by atoms with Gasteiger partial charge < -0.3 is 15.4 Å². The van der Waals surface area contributed by atoms with Crippen LogP contribution in [0.25, 0.3) is 0 Å². The van der Waals surface area contributed by atoms with Crippen LogP contribution >= 0.6 is 0 Å². The summed E-state index contributed by atoms with van der Waals surface area (Å²) in [4.78, 5) is 28.0. The molecule has 1 amide bonds. The number of pyridine rings is 1. The number of carbonyl (C=O) groups excluding carboxylic acids is 2. The Morgan fingerprint density at radius 2 is 2.24 bits per heavy atom. The van der Waals surface area contributed by atoms with E-state index in [9.17, 15) is 9.59 Å². The molecule has 1 rings (SSSR count). The van der Waals surface area contributed by atoms with Crippen molar-refractivity contribution in [2.45, 2.75) is 6.42 Å². The van der Waals surface area contributed by atoms with Gasteiger partial charge in [0.2, 0.25) is 0 Å². The van der Waals surface area contributed by atoms with Crippen LogP contribution in [0.5, 0.6) is 0 Å². The molecular weight excluding hydrogens is 222 g/mol. The molecule has 0 aliphatic heterocycles. The third kappa shape index (κ3) is 3.44. The first-order valence-electron chi connectivity index (χ1n) is 5.09.